The molecule has 6 heteroatoms. The third kappa shape index (κ3) is 3.29. The van der Waals surface area contributed by atoms with E-state index < -0.39 is 10.0 Å². The molecule has 0 bridgehead atoms. The van der Waals surface area contributed by atoms with Crippen LogP contribution in [-0.4, -0.2) is 37.5 Å². The number of sulfonamides is 1. The van der Waals surface area contributed by atoms with Crippen molar-refractivity contribution in [3.8, 4) is 0 Å². The molecule has 0 aliphatic carbocycles. The average Bonchev–Trinajstić information content (AvgIpc) is 2.39. The van der Waals surface area contributed by atoms with Crippen molar-refractivity contribution in [3.63, 3.8) is 0 Å². The van der Waals surface area contributed by atoms with E-state index in [4.69, 9.17) is 10.8 Å². The molecule has 0 aliphatic heterocycles. The van der Waals surface area contributed by atoms with Crippen molar-refractivity contribution >= 4 is 10.0 Å². The minimum absolute atomic E-state index is 0.0233. The molecule has 0 atom stereocenters. The van der Waals surface area contributed by atoms with Crippen LogP contribution in [0.1, 0.15) is 18.9 Å². The van der Waals surface area contributed by atoms with Crippen molar-refractivity contribution in [1.82, 2.24) is 4.31 Å². The Morgan fingerprint density at radius 1 is 1.33 bits per heavy atom. The first-order chi connectivity index (χ1) is 8.57. The summed E-state index contributed by atoms with van der Waals surface area (Å²) in [6.45, 7) is 2.63. The van der Waals surface area contributed by atoms with Gasteiger partial charge in [-0.25, -0.2) is 8.42 Å². The van der Waals surface area contributed by atoms with Crippen LogP contribution in [0.3, 0.4) is 0 Å². The summed E-state index contributed by atoms with van der Waals surface area (Å²) < 4.78 is 26.2. The van der Waals surface area contributed by atoms with Crippen LogP contribution in [-0.2, 0) is 16.6 Å². The van der Waals surface area contributed by atoms with E-state index in [0.29, 0.717) is 25.1 Å². The SMILES string of the molecule is CCN(CCCO)S(=O)(=O)c1ccccc1CN. The van der Waals surface area contributed by atoms with Crippen molar-refractivity contribution in [3.05, 3.63) is 29.8 Å². The Balaban J connectivity index is 3.10. The maximum Gasteiger partial charge on any atom is 0.243 e. The molecule has 0 saturated carbocycles. The number of aliphatic hydroxyl groups excluding tert-OH is 1. The molecule has 18 heavy (non-hydrogen) atoms. The van der Waals surface area contributed by atoms with E-state index in [9.17, 15) is 8.42 Å². The number of aliphatic hydroxyl groups is 1. The molecule has 0 amide bonds. The monoisotopic (exact) mass is 272 g/mol. The minimum Gasteiger partial charge on any atom is -0.396 e. The van der Waals surface area contributed by atoms with Crippen LogP contribution in [0, 0.1) is 0 Å². The second-order valence-electron chi connectivity index (χ2n) is 3.89. The summed E-state index contributed by atoms with van der Waals surface area (Å²) in [6, 6.07) is 6.74. The number of nitrogens with zero attached hydrogens (tertiary/aromatic N) is 1. The van der Waals surface area contributed by atoms with Gasteiger partial charge in [-0.2, -0.15) is 4.31 Å². The third-order valence-electron chi connectivity index (χ3n) is 2.73. The molecule has 0 radical (unpaired) electrons. The van der Waals surface area contributed by atoms with E-state index in [2.05, 4.69) is 0 Å². The predicted molar refractivity (Wildman–Crippen MR) is 70.5 cm³/mol. The van der Waals surface area contributed by atoms with Crippen molar-refractivity contribution in [2.75, 3.05) is 19.7 Å². The number of hydrogen-bond donors (Lipinski definition) is 2. The Kier molecular flexibility index (Phi) is 5.74. The topological polar surface area (TPSA) is 83.6 Å². The Morgan fingerprint density at radius 3 is 2.56 bits per heavy atom. The van der Waals surface area contributed by atoms with Crippen LogP contribution >= 0.6 is 0 Å². The van der Waals surface area contributed by atoms with Gasteiger partial charge in [0.15, 0.2) is 0 Å². The van der Waals surface area contributed by atoms with E-state index >= 15 is 0 Å². The van der Waals surface area contributed by atoms with E-state index in [1.807, 2.05) is 0 Å². The van der Waals surface area contributed by atoms with Gasteiger partial charge in [0.05, 0.1) is 4.90 Å². The van der Waals surface area contributed by atoms with Crippen LogP contribution in [0.2, 0.25) is 0 Å². The van der Waals surface area contributed by atoms with Gasteiger partial charge in [0.2, 0.25) is 10.0 Å². The van der Waals surface area contributed by atoms with Gasteiger partial charge in [-0.05, 0) is 18.1 Å². The van der Waals surface area contributed by atoms with E-state index in [1.165, 1.54) is 4.31 Å². The first kappa shape index (κ1) is 15.1. The predicted octanol–water partition coefficient (Wildman–Crippen LogP) is 0.538. The third-order valence-corrected chi connectivity index (χ3v) is 4.80. The van der Waals surface area contributed by atoms with Gasteiger partial charge in [-0.3, -0.25) is 0 Å². The molecule has 102 valence electrons. The fourth-order valence-electron chi connectivity index (χ4n) is 1.76. The van der Waals surface area contributed by atoms with Gasteiger partial charge in [0.25, 0.3) is 0 Å². The van der Waals surface area contributed by atoms with Gasteiger partial charge in [-0.15, -0.1) is 0 Å². The molecule has 1 rings (SSSR count). The van der Waals surface area contributed by atoms with Crippen LogP contribution in [0.5, 0.6) is 0 Å². The fourth-order valence-corrected chi connectivity index (χ4v) is 3.48. The lowest BCUT2D eigenvalue weighted by molar-refractivity contribution is 0.271. The molecular formula is C12H20N2O3S. The van der Waals surface area contributed by atoms with Gasteiger partial charge in [0.1, 0.15) is 0 Å². The number of benzene rings is 1. The summed E-state index contributed by atoms with van der Waals surface area (Å²) in [5.41, 5.74) is 6.18. The molecule has 1 aromatic rings. The van der Waals surface area contributed by atoms with Crippen LogP contribution in [0.15, 0.2) is 29.2 Å². The lowest BCUT2D eigenvalue weighted by Crippen LogP contribution is -2.33. The van der Waals surface area contributed by atoms with Gasteiger partial charge in [-0.1, -0.05) is 25.1 Å². The van der Waals surface area contributed by atoms with E-state index in [1.54, 1.807) is 31.2 Å². The summed E-state index contributed by atoms with van der Waals surface area (Å²) >= 11 is 0. The summed E-state index contributed by atoms with van der Waals surface area (Å²) in [4.78, 5) is 0.257. The van der Waals surface area contributed by atoms with Crippen LogP contribution in [0.4, 0.5) is 0 Å². The normalized spacial score (nSPS) is 12.0. The summed E-state index contributed by atoms with van der Waals surface area (Å²) in [5, 5.41) is 8.81. The van der Waals surface area contributed by atoms with Gasteiger partial charge < -0.3 is 10.8 Å². The van der Waals surface area contributed by atoms with Crippen LogP contribution < -0.4 is 5.73 Å². The largest absolute Gasteiger partial charge is 0.396 e. The van der Waals surface area contributed by atoms with E-state index in [0.717, 1.165) is 0 Å². The molecule has 0 aromatic heterocycles. The zero-order valence-corrected chi connectivity index (χ0v) is 11.4. The highest BCUT2D eigenvalue weighted by Gasteiger charge is 2.24. The molecular weight excluding hydrogens is 252 g/mol. The summed E-state index contributed by atoms with van der Waals surface area (Å²) in [5.74, 6) is 0. The molecule has 0 saturated heterocycles. The van der Waals surface area contributed by atoms with Crippen molar-refractivity contribution in [1.29, 1.82) is 0 Å². The maximum absolute atomic E-state index is 12.4. The summed E-state index contributed by atoms with van der Waals surface area (Å²) in [6.07, 6.45) is 0.428. The van der Waals surface area contributed by atoms with Crippen molar-refractivity contribution < 1.29 is 13.5 Å². The van der Waals surface area contributed by atoms with E-state index in [-0.39, 0.29) is 18.0 Å². The molecule has 1 aromatic carbocycles. The molecule has 0 spiro atoms. The molecule has 0 aliphatic rings. The Hall–Kier alpha value is -0.950. The molecule has 0 fully saturated rings. The zero-order chi connectivity index (χ0) is 13.6. The Bertz CT molecular complexity index is 474. The average molecular weight is 272 g/mol. The lowest BCUT2D eigenvalue weighted by atomic mass is 10.2. The lowest BCUT2D eigenvalue weighted by Gasteiger charge is -2.21. The van der Waals surface area contributed by atoms with Crippen molar-refractivity contribution in [2.24, 2.45) is 5.73 Å². The van der Waals surface area contributed by atoms with Crippen molar-refractivity contribution in [2.45, 2.75) is 24.8 Å². The quantitative estimate of drug-likeness (QED) is 0.759. The standard InChI is InChI=1S/C12H20N2O3S/c1-2-14(8-5-9-15)18(16,17)12-7-4-3-6-11(12)10-13/h3-4,6-7,15H,2,5,8-10,13H2,1H3. The second kappa shape index (κ2) is 6.84. The number of rotatable bonds is 7. The highest BCUT2D eigenvalue weighted by Crippen LogP contribution is 2.19. The highest BCUT2D eigenvalue weighted by atomic mass is 32.2. The summed E-state index contributed by atoms with van der Waals surface area (Å²) in [7, 11) is -3.52. The zero-order valence-electron chi connectivity index (χ0n) is 10.5. The molecule has 5 nitrogen and oxygen atoms in total. The number of nitrogens with two attached hydrogens (primary N) is 1. The first-order valence-corrected chi connectivity index (χ1v) is 7.41. The maximum atomic E-state index is 12.4. The minimum atomic E-state index is -3.52. The Morgan fingerprint density at radius 2 is 2.00 bits per heavy atom. The highest BCUT2D eigenvalue weighted by molar-refractivity contribution is 7.89. The first-order valence-electron chi connectivity index (χ1n) is 5.96. The fraction of sp³-hybridized carbons (Fsp3) is 0.500. The molecule has 0 heterocycles. The molecule has 3 N–H and O–H groups in total. The van der Waals surface area contributed by atoms with Crippen LogP contribution in [0.25, 0.3) is 0 Å². The van der Waals surface area contributed by atoms with Gasteiger partial charge >= 0.3 is 0 Å². The smallest absolute Gasteiger partial charge is 0.243 e. The number of hydrogen-bond acceptors (Lipinski definition) is 4. The molecule has 0 unspecified atom stereocenters. The second-order valence-corrected chi connectivity index (χ2v) is 5.79. The van der Waals surface area contributed by atoms with Gasteiger partial charge in [0, 0.05) is 26.2 Å². The Labute approximate surface area is 108 Å².